The van der Waals surface area contributed by atoms with E-state index < -0.39 is 16.4 Å². The van der Waals surface area contributed by atoms with Gasteiger partial charge in [-0.05, 0) is 17.9 Å². The molecule has 0 bridgehead atoms. The summed E-state index contributed by atoms with van der Waals surface area (Å²) in [6, 6.07) is 11.7. The molecule has 3 rings (SSSR count). The van der Waals surface area contributed by atoms with Crippen molar-refractivity contribution in [1.82, 2.24) is 4.98 Å². The Labute approximate surface area is 111 Å². The highest BCUT2D eigenvalue weighted by atomic mass is 32.1. The predicted octanol–water partition coefficient (Wildman–Crippen LogP) is 2.95. The maximum absolute atomic E-state index is 11.4. The normalized spacial score (nSPS) is 10.7. The summed E-state index contributed by atoms with van der Waals surface area (Å²) < 4.78 is 1.01. The van der Waals surface area contributed by atoms with Crippen molar-refractivity contribution in [2.75, 3.05) is 0 Å². The van der Waals surface area contributed by atoms with Gasteiger partial charge in [0.05, 0.1) is 15.1 Å². The molecule has 6 heteroatoms. The van der Waals surface area contributed by atoms with E-state index in [0.717, 1.165) is 10.2 Å². The molecule has 2 aromatic carbocycles. The molecule has 19 heavy (non-hydrogen) atoms. The van der Waals surface area contributed by atoms with Crippen LogP contribution >= 0.6 is 11.3 Å². The van der Waals surface area contributed by atoms with Crippen molar-refractivity contribution in [2.24, 2.45) is 0 Å². The molecule has 3 aromatic rings. The van der Waals surface area contributed by atoms with Crippen LogP contribution in [0.1, 0.15) is 0 Å². The van der Waals surface area contributed by atoms with Crippen LogP contribution in [0.4, 0.5) is 5.69 Å². The highest BCUT2D eigenvalue weighted by molar-refractivity contribution is 7.21. The van der Waals surface area contributed by atoms with E-state index in [1.165, 1.54) is 23.5 Å². The number of nitrogens with zero attached hydrogens (tertiary/aromatic N) is 2. The third kappa shape index (κ3) is 2.02. The molecule has 0 aliphatic carbocycles. The largest absolute Gasteiger partial charge is 0.868 e. The minimum atomic E-state index is -0.668. The molecule has 0 aliphatic heterocycles. The number of hydrogen-bond acceptors (Lipinski definition) is 5. The summed E-state index contributed by atoms with van der Waals surface area (Å²) in [4.78, 5) is 14.5. The van der Waals surface area contributed by atoms with Gasteiger partial charge >= 0.3 is 0 Å². The zero-order chi connectivity index (χ0) is 13.4. The average molecular weight is 271 g/mol. The quantitative estimate of drug-likeness (QED) is 0.530. The zero-order valence-electron chi connectivity index (χ0n) is 9.57. The van der Waals surface area contributed by atoms with Crippen LogP contribution in [0.2, 0.25) is 0 Å². The average Bonchev–Trinajstić information content (AvgIpc) is 2.82. The summed E-state index contributed by atoms with van der Waals surface area (Å²) >= 11 is 1.44. The first kappa shape index (κ1) is 11.6. The van der Waals surface area contributed by atoms with Gasteiger partial charge in [0.15, 0.2) is 0 Å². The second kappa shape index (κ2) is 4.33. The summed E-state index contributed by atoms with van der Waals surface area (Å²) in [5.41, 5.74) is 1.01. The van der Waals surface area contributed by atoms with Gasteiger partial charge in [-0.2, -0.15) is 0 Å². The van der Waals surface area contributed by atoms with Gasteiger partial charge in [-0.3, -0.25) is 10.1 Å². The molecule has 94 valence electrons. The molecular weight excluding hydrogens is 264 g/mol. The Morgan fingerprint density at radius 3 is 2.68 bits per heavy atom. The van der Waals surface area contributed by atoms with Gasteiger partial charge in [0, 0.05) is 11.6 Å². The van der Waals surface area contributed by atoms with Crippen LogP contribution < -0.4 is 5.11 Å². The van der Waals surface area contributed by atoms with Crippen LogP contribution in [-0.4, -0.2) is 9.91 Å². The van der Waals surface area contributed by atoms with Crippen LogP contribution in [0, 0.1) is 10.1 Å². The fourth-order valence-electron chi connectivity index (χ4n) is 1.79. The van der Waals surface area contributed by atoms with Crippen LogP contribution in [0.25, 0.3) is 20.8 Å². The van der Waals surface area contributed by atoms with E-state index in [1.807, 2.05) is 24.3 Å². The molecule has 1 aromatic heterocycles. The second-order valence-corrected chi connectivity index (χ2v) is 4.96. The number of para-hydroxylation sites is 1. The van der Waals surface area contributed by atoms with Gasteiger partial charge in [0.1, 0.15) is 5.01 Å². The lowest BCUT2D eigenvalue weighted by atomic mass is 10.2. The first-order valence-electron chi connectivity index (χ1n) is 5.46. The van der Waals surface area contributed by atoms with Crippen LogP contribution in [0.5, 0.6) is 5.75 Å². The zero-order valence-corrected chi connectivity index (χ0v) is 10.4. The van der Waals surface area contributed by atoms with Crippen molar-refractivity contribution in [3.05, 3.63) is 52.6 Å². The van der Waals surface area contributed by atoms with Crippen LogP contribution in [0.3, 0.4) is 0 Å². The molecule has 0 radical (unpaired) electrons. The molecule has 0 aliphatic rings. The summed E-state index contributed by atoms with van der Waals surface area (Å²) in [7, 11) is 0. The van der Waals surface area contributed by atoms with Crippen LogP contribution in [-0.2, 0) is 0 Å². The number of nitro benzene ring substituents is 1. The van der Waals surface area contributed by atoms with E-state index >= 15 is 0 Å². The lowest BCUT2D eigenvalue weighted by Gasteiger charge is -2.06. The standard InChI is InChI=1S/C13H8N2O3S/c16-11-6-5-8(7-10(11)15(17)18)13-14-9-3-1-2-4-12(9)19-13/h1-7,16H/p-1. The Morgan fingerprint density at radius 1 is 1.16 bits per heavy atom. The highest BCUT2D eigenvalue weighted by Crippen LogP contribution is 2.34. The molecule has 0 saturated carbocycles. The number of aromatic nitrogens is 1. The first-order valence-corrected chi connectivity index (χ1v) is 6.28. The van der Waals surface area contributed by atoms with E-state index in [0.29, 0.717) is 10.6 Å². The van der Waals surface area contributed by atoms with Gasteiger partial charge < -0.3 is 5.11 Å². The Kier molecular flexibility index (Phi) is 2.64. The van der Waals surface area contributed by atoms with Gasteiger partial charge in [-0.15, -0.1) is 11.3 Å². The predicted molar refractivity (Wildman–Crippen MR) is 71.2 cm³/mol. The number of fused-ring (bicyclic) bond motifs is 1. The Morgan fingerprint density at radius 2 is 1.95 bits per heavy atom. The molecule has 0 fully saturated rings. The Balaban J connectivity index is 2.16. The van der Waals surface area contributed by atoms with Crippen LogP contribution in [0.15, 0.2) is 42.5 Å². The van der Waals surface area contributed by atoms with Crippen molar-refractivity contribution >= 4 is 27.2 Å². The van der Waals surface area contributed by atoms with Crippen molar-refractivity contribution in [3.63, 3.8) is 0 Å². The molecule has 0 unspecified atom stereocenters. The molecular formula is C13H7N2O3S-. The third-order valence-corrected chi connectivity index (χ3v) is 3.78. The summed E-state index contributed by atoms with van der Waals surface area (Å²) in [5.74, 6) is -0.588. The maximum Gasteiger partial charge on any atom is 0.262 e. The van der Waals surface area contributed by atoms with E-state index in [9.17, 15) is 15.2 Å². The lowest BCUT2D eigenvalue weighted by Crippen LogP contribution is -1.97. The highest BCUT2D eigenvalue weighted by Gasteiger charge is 2.12. The van der Waals surface area contributed by atoms with Gasteiger partial charge in [-0.25, -0.2) is 4.98 Å². The third-order valence-electron chi connectivity index (χ3n) is 2.70. The van der Waals surface area contributed by atoms with E-state index in [1.54, 1.807) is 6.07 Å². The number of nitro groups is 1. The number of thiazole rings is 1. The minimum Gasteiger partial charge on any atom is -0.868 e. The lowest BCUT2D eigenvalue weighted by molar-refractivity contribution is -0.398. The SMILES string of the molecule is O=[N+]([O-])c1cc(-c2nc3ccccc3s2)ccc1[O-]. The number of rotatable bonds is 2. The van der Waals surface area contributed by atoms with Crippen molar-refractivity contribution < 1.29 is 10.0 Å². The van der Waals surface area contributed by atoms with E-state index in [-0.39, 0.29) is 0 Å². The van der Waals surface area contributed by atoms with Crippen molar-refractivity contribution in [3.8, 4) is 16.3 Å². The molecule has 0 N–H and O–H groups in total. The summed E-state index contributed by atoms with van der Waals surface area (Å²) in [6.45, 7) is 0. The van der Waals surface area contributed by atoms with Gasteiger partial charge in [0.25, 0.3) is 5.69 Å². The van der Waals surface area contributed by atoms with Gasteiger partial charge in [-0.1, -0.05) is 24.3 Å². The first-order chi connectivity index (χ1) is 9.15. The topological polar surface area (TPSA) is 79.1 Å². The number of hydrogen-bond donors (Lipinski definition) is 0. The number of benzene rings is 2. The Bertz CT molecular complexity index is 749. The molecule has 0 amide bonds. The fourth-order valence-corrected chi connectivity index (χ4v) is 2.75. The molecule has 0 spiro atoms. The smallest absolute Gasteiger partial charge is 0.262 e. The fraction of sp³-hybridized carbons (Fsp3) is 0. The van der Waals surface area contributed by atoms with E-state index in [2.05, 4.69) is 4.98 Å². The van der Waals surface area contributed by atoms with Gasteiger partial charge in [0.2, 0.25) is 0 Å². The summed E-state index contributed by atoms with van der Waals surface area (Å²) in [5, 5.41) is 22.8. The molecule has 5 nitrogen and oxygen atoms in total. The molecule has 0 atom stereocenters. The maximum atomic E-state index is 11.4. The van der Waals surface area contributed by atoms with Crippen molar-refractivity contribution in [2.45, 2.75) is 0 Å². The molecule has 1 heterocycles. The Hall–Kier alpha value is -2.47. The monoisotopic (exact) mass is 271 g/mol. The van der Waals surface area contributed by atoms with E-state index in [4.69, 9.17) is 0 Å². The molecule has 0 saturated heterocycles. The second-order valence-electron chi connectivity index (χ2n) is 3.93. The van der Waals surface area contributed by atoms with Crippen molar-refractivity contribution in [1.29, 1.82) is 0 Å². The summed E-state index contributed by atoms with van der Waals surface area (Å²) in [6.07, 6.45) is 0. The minimum absolute atomic E-state index is 0.420.